The van der Waals surface area contributed by atoms with Gasteiger partial charge in [0.1, 0.15) is 6.61 Å². The summed E-state index contributed by atoms with van der Waals surface area (Å²) in [4.78, 5) is 23.6. The van der Waals surface area contributed by atoms with Crippen molar-refractivity contribution in [2.75, 3.05) is 7.11 Å². The Hall–Kier alpha value is -2.62. The van der Waals surface area contributed by atoms with Crippen LogP contribution >= 0.6 is 0 Å². The summed E-state index contributed by atoms with van der Waals surface area (Å²) < 4.78 is 10.0. The van der Waals surface area contributed by atoms with E-state index in [1.165, 1.54) is 7.11 Å². The van der Waals surface area contributed by atoms with Gasteiger partial charge in [0.05, 0.1) is 13.5 Å². The first-order valence-corrected chi connectivity index (χ1v) is 8.00. The molecule has 0 aliphatic rings. The third-order valence-electron chi connectivity index (χ3n) is 3.85. The monoisotopic (exact) mass is 326 g/mol. The number of rotatable bonds is 8. The molecule has 0 aliphatic heterocycles. The molecule has 0 heterocycles. The maximum atomic E-state index is 12.0. The minimum Gasteiger partial charge on any atom is -0.469 e. The van der Waals surface area contributed by atoms with Crippen molar-refractivity contribution < 1.29 is 19.1 Å². The molecule has 4 heteroatoms. The van der Waals surface area contributed by atoms with Crippen molar-refractivity contribution in [1.82, 2.24) is 0 Å². The van der Waals surface area contributed by atoms with E-state index in [0.717, 1.165) is 11.1 Å². The number of ether oxygens (including phenoxy) is 2. The zero-order chi connectivity index (χ0) is 17.2. The summed E-state index contributed by atoms with van der Waals surface area (Å²) >= 11 is 0. The Morgan fingerprint density at radius 3 is 2.17 bits per heavy atom. The molecule has 0 N–H and O–H groups in total. The van der Waals surface area contributed by atoms with Gasteiger partial charge in [-0.3, -0.25) is 9.59 Å². The summed E-state index contributed by atoms with van der Waals surface area (Å²) in [6.45, 7) is 0.271. The molecule has 0 aliphatic carbocycles. The Kier molecular flexibility index (Phi) is 7.02. The van der Waals surface area contributed by atoms with Crippen molar-refractivity contribution in [3.8, 4) is 0 Å². The lowest BCUT2D eigenvalue weighted by Crippen LogP contribution is -2.12. The molecular formula is C20H22O4. The van der Waals surface area contributed by atoms with Crippen LogP contribution in [0.1, 0.15) is 36.3 Å². The quantitative estimate of drug-likeness (QED) is 0.691. The molecule has 0 radical (unpaired) electrons. The lowest BCUT2D eigenvalue weighted by atomic mass is 9.91. The number of carbonyl (C=O) groups is 2. The Labute approximate surface area is 142 Å². The fourth-order valence-corrected chi connectivity index (χ4v) is 2.50. The van der Waals surface area contributed by atoms with Gasteiger partial charge in [-0.1, -0.05) is 60.7 Å². The van der Waals surface area contributed by atoms with Crippen LogP contribution in [0.25, 0.3) is 0 Å². The molecule has 2 aromatic carbocycles. The van der Waals surface area contributed by atoms with Crippen LogP contribution in [0.15, 0.2) is 60.7 Å². The first-order chi connectivity index (χ1) is 11.7. The van der Waals surface area contributed by atoms with Crippen molar-refractivity contribution in [1.29, 1.82) is 0 Å². The zero-order valence-corrected chi connectivity index (χ0v) is 13.8. The van der Waals surface area contributed by atoms with E-state index in [9.17, 15) is 9.59 Å². The SMILES string of the molecule is COC(=O)CC(CCC(=O)OCc1ccccc1)c1ccccc1. The van der Waals surface area contributed by atoms with Gasteiger partial charge in [0.2, 0.25) is 0 Å². The van der Waals surface area contributed by atoms with Crippen molar-refractivity contribution in [2.45, 2.75) is 31.8 Å². The predicted molar refractivity (Wildman–Crippen MR) is 91.3 cm³/mol. The fourth-order valence-electron chi connectivity index (χ4n) is 2.50. The lowest BCUT2D eigenvalue weighted by Gasteiger charge is -2.16. The van der Waals surface area contributed by atoms with Crippen LogP contribution in [-0.4, -0.2) is 19.0 Å². The first-order valence-electron chi connectivity index (χ1n) is 8.00. The van der Waals surface area contributed by atoms with Crippen molar-refractivity contribution in [2.24, 2.45) is 0 Å². The largest absolute Gasteiger partial charge is 0.469 e. The highest BCUT2D eigenvalue weighted by Crippen LogP contribution is 2.25. The Bertz CT molecular complexity index is 637. The average molecular weight is 326 g/mol. The topological polar surface area (TPSA) is 52.6 Å². The van der Waals surface area contributed by atoms with Gasteiger partial charge in [-0.05, 0) is 23.5 Å². The molecule has 2 rings (SSSR count). The maximum absolute atomic E-state index is 12.0. The minimum absolute atomic E-state index is 0.0528. The molecule has 126 valence electrons. The average Bonchev–Trinajstić information content (AvgIpc) is 2.64. The van der Waals surface area contributed by atoms with Gasteiger partial charge in [0, 0.05) is 6.42 Å². The van der Waals surface area contributed by atoms with Crippen LogP contribution in [0, 0.1) is 0 Å². The Morgan fingerprint density at radius 1 is 0.917 bits per heavy atom. The molecule has 4 nitrogen and oxygen atoms in total. The van der Waals surface area contributed by atoms with Crippen LogP contribution in [-0.2, 0) is 25.7 Å². The van der Waals surface area contributed by atoms with Gasteiger partial charge in [0.15, 0.2) is 0 Å². The second-order valence-electron chi connectivity index (χ2n) is 5.57. The summed E-state index contributed by atoms with van der Waals surface area (Å²) in [5.74, 6) is -0.589. The summed E-state index contributed by atoms with van der Waals surface area (Å²) in [7, 11) is 1.37. The molecule has 0 amide bonds. The fraction of sp³-hybridized carbons (Fsp3) is 0.300. The number of hydrogen-bond donors (Lipinski definition) is 0. The Morgan fingerprint density at radius 2 is 1.54 bits per heavy atom. The smallest absolute Gasteiger partial charge is 0.306 e. The molecule has 0 spiro atoms. The van der Waals surface area contributed by atoms with Gasteiger partial charge in [-0.2, -0.15) is 0 Å². The van der Waals surface area contributed by atoms with E-state index in [2.05, 4.69) is 0 Å². The number of hydrogen-bond acceptors (Lipinski definition) is 4. The first kappa shape index (κ1) is 17.7. The second kappa shape index (κ2) is 9.50. The summed E-state index contributed by atoms with van der Waals surface area (Å²) in [5.41, 5.74) is 1.98. The normalized spacial score (nSPS) is 11.5. The zero-order valence-electron chi connectivity index (χ0n) is 13.8. The maximum Gasteiger partial charge on any atom is 0.306 e. The minimum atomic E-state index is -0.276. The Balaban J connectivity index is 1.87. The van der Waals surface area contributed by atoms with E-state index in [4.69, 9.17) is 9.47 Å². The van der Waals surface area contributed by atoms with E-state index in [1.807, 2.05) is 60.7 Å². The van der Waals surface area contributed by atoms with Crippen LogP contribution in [0.2, 0.25) is 0 Å². The van der Waals surface area contributed by atoms with E-state index in [1.54, 1.807) is 0 Å². The van der Waals surface area contributed by atoms with Gasteiger partial charge in [-0.25, -0.2) is 0 Å². The molecule has 1 unspecified atom stereocenters. The van der Waals surface area contributed by atoms with Crippen LogP contribution in [0.5, 0.6) is 0 Å². The summed E-state index contributed by atoms with van der Waals surface area (Å²) in [6.07, 6.45) is 1.07. The van der Waals surface area contributed by atoms with Gasteiger partial charge >= 0.3 is 11.9 Å². The third-order valence-corrected chi connectivity index (χ3v) is 3.85. The number of methoxy groups -OCH3 is 1. The number of esters is 2. The summed E-state index contributed by atoms with van der Waals surface area (Å²) in [6, 6.07) is 19.3. The molecule has 0 fully saturated rings. The van der Waals surface area contributed by atoms with Crippen LogP contribution < -0.4 is 0 Å². The number of carbonyl (C=O) groups excluding carboxylic acids is 2. The molecule has 1 atom stereocenters. The van der Waals surface area contributed by atoms with Crippen molar-refractivity contribution in [3.63, 3.8) is 0 Å². The van der Waals surface area contributed by atoms with E-state index in [-0.39, 0.29) is 37.3 Å². The highest BCUT2D eigenvalue weighted by Gasteiger charge is 2.18. The third kappa shape index (κ3) is 5.88. The summed E-state index contributed by atoms with van der Waals surface area (Å²) in [5, 5.41) is 0. The van der Waals surface area contributed by atoms with Gasteiger partial charge in [-0.15, -0.1) is 0 Å². The van der Waals surface area contributed by atoms with Gasteiger partial charge < -0.3 is 9.47 Å². The number of benzene rings is 2. The van der Waals surface area contributed by atoms with Gasteiger partial charge in [0.25, 0.3) is 0 Å². The highest BCUT2D eigenvalue weighted by atomic mass is 16.5. The van der Waals surface area contributed by atoms with Crippen LogP contribution in [0.4, 0.5) is 0 Å². The molecule has 0 saturated heterocycles. The molecule has 0 saturated carbocycles. The molecule has 24 heavy (non-hydrogen) atoms. The van der Waals surface area contributed by atoms with Crippen molar-refractivity contribution in [3.05, 3.63) is 71.8 Å². The van der Waals surface area contributed by atoms with Crippen LogP contribution in [0.3, 0.4) is 0 Å². The lowest BCUT2D eigenvalue weighted by molar-refractivity contribution is -0.146. The van der Waals surface area contributed by atoms with Crippen molar-refractivity contribution >= 4 is 11.9 Å². The molecule has 0 bridgehead atoms. The molecular weight excluding hydrogens is 304 g/mol. The standard InChI is InChI=1S/C20H22O4/c1-23-20(22)14-18(17-10-6-3-7-11-17)12-13-19(21)24-15-16-8-4-2-5-9-16/h2-11,18H,12-15H2,1H3. The highest BCUT2D eigenvalue weighted by molar-refractivity contribution is 5.71. The molecule has 0 aromatic heterocycles. The predicted octanol–water partition coefficient (Wildman–Crippen LogP) is 3.86. The van der Waals surface area contributed by atoms with E-state index >= 15 is 0 Å². The van der Waals surface area contributed by atoms with E-state index in [0.29, 0.717) is 6.42 Å². The molecule has 2 aromatic rings. The van der Waals surface area contributed by atoms with E-state index < -0.39 is 0 Å². The second-order valence-corrected chi connectivity index (χ2v) is 5.57.